The van der Waals surface area contributed by atoms with Crippen LogP contribution in [0.5, 0.6) is 0 Å². The Hall–Kier alpha value is -6.44. The van der Waals surface area contributed by atoms with E-state index >= 15 is 0 Å². The molecular weight excluding hydrogens is 711 g/mol. The van der Waals surface area contributed by atoms with Crippen molar-refractivity contribution in [2.75, 3.05) is 4.90 Å². The fraction of sp³-hybridized carbons (Fsp3) is 0.172. The molecule has 0 aromatic heterocycles. The van der Waals surface area contributed by atoms with Crippen LogP contribution >= 0.6 is 0 Å². The van der Waals surface area contributed by atoms with Gasteiger partial charge < -0.3 is 4.90 Å². The van der Waals surface area contributed by atoms with Gasteiger partial charge in [0.15, 0.2) is 0 Å². The average molecular weight is 758 g/mol. The molecule has 5 aliphatic rings. The maximum Gasteiger partial charge on any atom is 0.0473 e. The standard InChI is InChI=1S/C58H47N/c1-4-13-41(14-5-1)44-23-27-50(28-24-44)59(51-29-25-45(26-30-51)42-15-6-2-7-16-42)52-37-46(43-17-8-3-9-18-43)36-47(38-52)53-20-12-22-56-57(53)54-19-10-11-21-55(54)58(56)48-32-39-31-40(34-48)35-49(58)33-39/h1-30,36-40,48-49H,31-35H2. The van der Waals surface area contributed by atoms with Crippen molar-refractivity contribution in [3.8, 4) is 55.6 Å². The summed E-state index contributed by atoms with van der Waals surface area (Å²) in [6.07, 6.45) is 7.02. The van der Waals surface area contributed by atoms with Crippen molar-refractivity contribution in [2.24, 2.45) is 23.7 Å². The van der Waals surface area contributed by atoms with E-state index in [0.717, 1.165) is 40.7 Å². The molecule has 0 amide bonds. The minimum atomic E-state index is 0.127. The first-order chi connectivity index (χ1) is 29.2. The highest BCUT2D eigenvalue weighted by atomic mass is 15.1. The molecule has 8 aromatic carbocycles. The van der Waals surface area contributed by atoms with Gasteiger partial charge in [0.05, 0.1) is 0 Å². The first-order valence-electron chi connectivity index (χ1n) is 21.8. The van der Waals surface area contributed by atoms with Crippen molar-refractivity contribution in [1.29, 1.82) is 0 Å². The van der Waals surface area contributed by atoms with E-state index in [-0.39, 0.29) is 5.41 Å². The summed E-state index contributed by atoms with van der Waals surface area (Å²) in [7, 11) is 0. The molecule has 0 heterocycles. The fourth-order valence-electron chi connectivity index (χ4n) is 12.4. The lowest BCUT2D eigenvalue weighted by molar-refractivity contribution is -0.0399. The van der Waals surface area contributed by atoms with Crippen LogP contribution < -0.4 is 4.90 Å². The third-order valence-electron chi connectivity index (χ3n) is 14.6. The normalized spacial score (nSPS) is 22.0. The summed E-state index contributed by atoms with van der Waals surface area (Å²) in [6, 6.07) is 74.7. The molecule has 0 saturated heterocycles. The molecule has 13 rings (SSSR count). The molecule has 4 fully saturated rings. The molecule has 1 spiro atoms. The van der Waals surface area contributed by atoms with Crippen LogP contribution in [0.25, 0.3) is 55.6 Å². The molecule has 4 bridgehead atoms. The summed E-state index contributed by atoms with van der Waals surface area (Å²) >= 11 is 0. The van der Waals surface area contributed by atoms with Gasteiger partial charge in [-0.15, -0.1) is 0 Å². The molecule has 1 nitrogen and oxygen atoms in total. The van der Waals surface area contributed by atoms with E-state index in [4.69, 9.17) is 0 Å². The Morgan fingerprint density at radius 1 is 0.322 bits per heavy atom. The minimum absolute atomic E-state index is 0.127. The molecule has 0 N–H and O–H groups in total. The maximum atomic E-state index is 2.53. The zero-order valence-electron chi connectivity index (χ0n) is 33.3. The third kappa shape index (κ3) is 5.59. The number of nitrogens with zero attached hydrogens (tertiary/aromatic N) is 1. The van der Waals surface area contributed by atoms with E-state index < -0.39 is 0 Å². The van der Waals surface area contributed by atoms with E-state index in [0.29, 0.717) is 0 Å². The largest absolute Gasteiger partial charge is 0.310 e. The molecule has 4 saturated carbocycles. The number of anilines is 3. The zero-order chi connectivity index (χ0) is 38.9. The van der Waals surface area contributed by atoms with Crippen LogP contribution in [0.4, 0.5) is 17.1 Å². The molecule has 284 valence electrons. The van der Waals surface area contributed by atoms with Gasteiger partial charge in [-0.25, -0.2) is 0 Å². The van der Waals surface area contributed by atoms with Gasteiger partial charge in [0.2, 0.25) is 0 Å². The average Bonchev–Trinajstić information content (AvgIpc) is 3.60. The second-order valence-corrected chi connectivity index (χ2v) is 17.7. The molecule has 0 aliphatic heterocycles. The van der Waals surface area contributed by atoms with Gasteiger partial charge in [0, 0.05) is 22.5 Å². The van der Waals surface area contributed by atoms with Crippen LogP contribution in [0, 0.1) is 23.7 Å². The summed E-state index contributed by atoms with van der Waals surface area (Å²) in [5, 5.41) is 0. The minimum Gasteiger partial charge on any atom is -0.310 e. The van der Waals surface area contributed by atoms with Crippen LogP contribution in [0.2, 0.25) is 0 Å². The number of rotatable bonds is 7. The fourth-order valence-corrected chi connectivity index (χ4v) is 12.4. The van der Waals surface area contributed by atoms with Gasteiger partial charge in [-0.1, -0.05) is 158 Å². The smallest absolute Gasteiger partial charge is 0.0473 e. The summed E-state index contributed by atoms with van der Waals surface area (Å²) in [6.45, 7) is 0. The summed E-state index contributed by atoms with van der Waals surface area (Å²) in [4.78, 5) is 2.45. The van der Waals surface area contributed by atoms with E-state index in [9.17, 15) is 0 Å². The molecule has 5 aliphatic carbocycles. The zero-order valence-corrected chi connectivity index (χ0v) is 33.3. The van der Waals surface area contributed by atoms with Crippen molar-refractivity contribution >= 4 is 17.1 Å². The monoisotopic (exact) mass is 757 g/mol. The molecule has 0 atom stereocenters. The molecular formula is C58H47N. The van der Waals surface area contributed by atoms with Crippen LogP contribution in [-0.2, 0) is 5.41 Å². The molecule has 8 aromatic rings. The summed E-state index contributed by atoms with van der Waals surface area (Å²) < 4.78 is 0. The number of hydrogen-bond donors (Lipinski definition) is 0. The second kappa shape index (κ2) is 13.8. The van der Waals surface area contributed by atoms with Gasteiger partial charge in [0.25, 0.3) is 0 Å². The first kappa shape index (κ1) is 34.6. The highest BCUT2D eigenvalue weighted by molar-refractivity contribution is 5.96. The van der Waals surface area contributed by atoms with E-state index in [1.54, 1.807) is 11.1 Å². The predicted octanol–water partition coefficient (Wildman–Crippen LogP) is 15.5. The Labute approximate surface area is 348 Å². The summed E-state index contributed by atoms with van der Waals surface area (Å²) in [5.74, 6) is 3.30. The van der Waals surface area contributed by atoms with E-state index in [2.05, 4.69) is 205 Å². The second-order valence-electron chi connectivity index (χ2n) is 17.7. The first-order valence-corrected chi connectivity index (χ1v) is 21.8. The lowest BCUT2D eigenvalue weighted by atomic mass is 9.43. The molecule has 1 heteroatoms. The summed E-state index contributed by atoms with van der Waals surface area (Å²) in [5.41, 5.74) is 19.6. The number of fused-ring (bicyclic) bond motifs is 3. The van der Waals surface area contributed by atoms with Crippen molar-refractivity contribution in [2.45, 2.75) is 37.5 Å². The Morgan fingerprint density at radius 3 is 1.32 bits per heavy atom. The van der Waals surface area contributed by atoms with Crippen LogP contribution in [0.15, 0.2) is 200 Å². The predicted molar refractivity (Wildman–Crippen MR) is 246 cm³/mol. The number of benzene rings is 8. The lowest BCUT2D eigenvalue weighted by Crippen LogP contribution is -2.55. The van der Waals surface area contributed by atoms with E-state index in [1.807, 2.05) is 0 Å². The maximum absolute atomic E-state index is 2.53. The van der Waals surface area contributed by atoms with Crippen LogP contribution in [-0.4, -0.2) is 0 Å². The third-order valence-corrected chi connectivity index (χ3v) is 14.6. The van der Waals surface area contributed by atoms with Crippen molar-refractivity contribution in [1.82, 2.24) is 0 Å². The molecule has 0 unspecified atom stereocenters. The molecule has 0 radical (unpaired) electrons. The van der Waals surface area contributed by atoms with E-state index in [1.165, 1.54) is 87.7 Å². The van der Waals surface area contributed by atoms with Crippen molar-refractivity contribution < 1.29 is 0 Å². The van der Waals surface area contributed by atoms with Gasteiger partial charge in [-0.3, -0.25) is 0 Å². The Morgan fingerprint density at radius 2 is 0.763 bits per heavy atom. The lowest BCUT2D eigenvalue weighted by Gasteiger charge is -2.61. The topological polar surface area (TPSA) is 3.24 Å². The Kier molecular flexibility index (Phi) is 8.12. The highest BCUT2D eigenvalue weighted by Crippen LogP contribution is 2.70. The van der Waals surface area contributed by atoms with Gasteiger partial charge in [-0.05, 0) is 165 Å². The quantitative estimate of drug-likeness (QED) is 0.156. The van der Waals surface area contributed by atoms with Crippen LogP contribution in [0.1, 0.15) is 43.2 Å². The SMILES string of the molecule is c1ccc(-c2ccc(N(c3ccc(-c4ccccc4)cc3)c3cc(-c4ccccc4)cc(-c4cccc5c4-c4ccccc4C54C5CC6CC(C5)CC4C6)c3)cc2)cc1. The Balaban J connectivity index is 1.06. The van der Waals surface area contributed by atoms with Gasteiger partial charge in [-0.2, -0.15) is 0 Å². The Bertz CT molecular complexity index is 2690. The van der Waals surface area contributed by atoms with Crippen molar-refractivity contribution in [3.63, 3.8) is 0 Å². The molecule has 59 heavy (non-hydrogen) atoms. The highest BCUT2D eigenvalue weighted by Gasteiger charge is 2.61. The number of hydrogen-bond acceptors (Lipinski definition) is 1. The van der Waals surface area contributed by atoms with Gasteiger partial charge in [0.1, 0.15) is 0 Å². The van der Waals surface area contributed by atoms with Crippen molar-refractivity contribution in [3.05, 3.63) is 211 Å². The van der Waals surface area contributed by atoms with Crippen LogP contribution in [0.3, 0.4) is 0 Å². The van der Waals surface area contributed by atoms with Gasteiger partial charge >= 0.3 is 0 Å².